The monoisotopic (exact) mass is 943 g/mol. The number of amides is 2. The zero-order chi connectivity index (χ0) is 49.1. The minimum atomic E-state index is -1.15. The Balaban J connectivity index is 2.63. The summed E-state index contributed by atoms with van der Waals surface area (Å²) in [5.41, 5.74) is 0.00912. The van der Waals surface area contributed by atoms with Gasteiger partial charge in [0, 0.05) is 19.3 Å². The van der Waals surface area contributed by atoms with Gasteiger partial charge in [-0.3, -0.25) is 19.2 Å². The van der Waals surface area contributed by atoms with Crippen LogP contribution in [0.15, 0.2) is 30.3 Å². The molecule has 0 aliphatic rings. The van der Waals surface area contributed by atoms with Gasteiger partial charge in [-0.15, -0.1) is 0 Å². The molecule has 0 spiro atoms. The second kappa shape index (κ2) is 42.5. The van der Waals surface area contributed by atoms with Gasteiger partial charge in [-0.2, -0.15) is 0 Å². The fourth-order valence-electron chi connectivity index (χ4n) is 8.05. The van der Waals surface area contributed by atoms with E-state index in [0.29, 0.717) is 6.42 Å². The molecule has 0 bridgehead atoms. The summed E-state index contributed by atoms with van der Waals surface area (Å²) < 4.78 is 22.2. The topological polar surface area (TPSA) is 146 Å². The summed E-state index contributed by atoms with van der Waals surface area (Å²) >= 11 is 0. The minimum absolute atomic E-state index is 0.0589. The Morgan fingerprint density at radius 2 is 0.910 bits per heavy atom. The number of esters is 3. The Morgan fingerprint density at radius 1 is 0.507 bits per heavy atom. The van der Waals surface area contributed by atoms with Crippen molar-refractivity contribution < 1.29 is 42.9 Å². The number of ether oxygens (including phenoxy) is 4. The van der Waals surface area contributed by atoms with Gasteiger partial charge in [0.25, 0.3) is 0 Å². The Kier molecular flexibility index (Phi) is 38.9. The fraction of sp³-hybridized carbons (Fsp3) is 0.804. The number of hydrogen-bond donors (Lipinski definition) is 2. The average molecular weight is 943 g/mol. The van der Waals surface area contributed by atoms with Crippen molar-refractivity contribution in [1.29, 1.82) is 0 Å². The maximum atomic E-state index is 13.6. The third kappa shape index (κ3) is 40.0. The van der Waals surface area contributed by atoms with Gasteiger partial charge in [0.05, 0.1) is 6.54 Å². The first kappa shape index (κ1) is 61.4. The van der Waals surface area contributed by atoms with Gasteiger partial charge in [0.1, 0.15) is 24.9 Å². The Morgan fingerprint density at radius 3 is 1.34 bits per heavy atom. The van der Waals surface area contributed by atoms with E-state index in [1.165, 1.54) is 148 Å². The van der Waals surface area contributed by atoms with Crippen LogP contribution in [0.2, 0.25) is 0 Å². The first-order valence-electron chi connectivity index (χ1n) is 27.2. The zero-order valence-electron chi connectivity index (χ0n) is 43.4. The lowest BCUT2D eigenvalue weighted by Gasteiger charge is -2.24. The van der Waals surface area contributed by atoms with Crippen LogP contribution >= 0.6 is 0 Å². The number of hydrogen-bond acceptors (Lipinski definition) is 9. The number of carbonyl (C=O) groups excluding carboxylic acids is 5. The molecule has 2 atom stereocenters. The summed E-state index contributed by atoms with van der Waals surface area (Å²) in [6, 6.07) is 8.11. The molecule has 1 aromatic carbocycles. The third-order valence-corrected chi connectivity index (χ3v) is 12.1. The summed E-state index contributed by atoms with van der Waals surface area (Å²) in [5, 5.41) is 5.33. The van der Waals surface area contributed by atoms with Crippen LogP contribution in [0.25, 0.3) is 0 Å². The number of alkyl carbamates (subject to hydrolysis) is 1. The van der Waals surface area contributed by atoms with Crippen molar-refractivity contribution in [2.75, 3.05) is 13.2 Å². The number of rotatable bonds is 44. The molecule has 0 saturated carbocycles. The summed E-state index contributed by atoms with van der Waals surface area (Å²) in [6.45, 7) is 9.37. The summed E-state index contributed by atoms with van der Waals surface area (Å²) in [5.74, 6) is -1.92. The lowest BCUT2D eigenvalue weighted by molar-refractivity contribution is -0.159. The molecule has 1 aromatic rings. The molecule has 0 aliphatic heterocycles. The number of carbonyl (C=O) groups is 5. The van der Waals surface area contributed by atoms with Crippen molar-refractivity contribution in [2.45, 2.75) is 277 Å². The van der Waals surface area contributed by atoms with Crippen LogP contribution in [0.3, 0.4) is 0 Å². The molecule has 0 radical (unpaired) electrons. The summed E-state index contributed by atoms with van der Waals surface area (Å²) in [7, 11) is 0. The average Bonchev–Trinajstić information content (AvgIpc) is 3.30. The van der Waals surface area contributed by atoms with Crippen LogP contribution in [0.4, 0.5) is 4.79 Å². The van der Waals surface area contributed by atoms with Gasteiger partial charge in [0.2, 0.25) is 5.91 Å². The molecule has 0 fully saturated rings. The van der Waals surface area contributed by atoms with Crippen molar-refractivity contribution in [1.82, 2.24) is 10.6 Å². The van der Waals surface area contributed by atoms with E-state index in [2.05, 4.69) is 24.5 Å². The van der Waals surface area contributed by atoms with Crippen LogP contribution in [-0.2, 0) is 44.7 Å². The van der Waals surface area contributed by atoms with Crippen molar-refractivity contribution in [3.05, 3.63) is 35.9 Å². The van der Waals surface area contributed by atoms with Gasteiger partial charge in [-0.05, 0) is 45.6 Å². The van der Waals surface area contributed by atoms with E-state index in [0.717, 1.165) is 44.1 Å². The highest BCUT2D eigenvalue weighted by Crippen LogP contribution is 2.17. The lowest BCUT2D eigenvalue weighted by Crippen LogP contribution is -2.50. The first-order valence-corrected chi connectivity index (χ1v) is 27.2. The van der Waals surface area contributed by atoms with Crippen LogP contribution in [0.1, 0.15) is 258 Å². The van der Waals surface area contributed by atoms with Gasteiger partial charge in [-0.25, -0.2) is 4.79 Å². The van der Waals surface area contributed by atoms with Gasteiger partial charge < -0.3 is 29.6 Å². The van der Waals surface area contributed by atoms with Gasteiger partial charge in [-0.1, -0.05) is 224 Å². The molecule has 2 unspecified atom stereocenters. The lowest BCUT2D eigenvalue weighted by atomic mass is 10.0. The van der Waals surface area contributed by atoms with E-state index in [1.54, 1.807) is 20.8 Å². The van der Waals surface area contributed by atoms with E-state index in [4.69, 9.17) is 18.9 Å². The second-order valence-corrected chi connectivity index (χ2v) is 19.8. The maximum absolute atomic E-state index is 13.6. The van der Waals surface area contributed by atoms with Gasteiger partial charge in [0.15, 0.2) is 6.10 Å². The molecule has 0 saturated heterocycles. The van der Waals surface area contributed by atoms with Crippen molar-refractivity contribution in [2.24, 2.45) is 0 Å². The van der Waals surface area contributed by atoms with E-state index >= 15 is 0 Å². The largest absolute Gasteiger partial charge is 0.462 e. The van der Waals surface area contributed by atoms with E-state index < -0.39 is 41.7 Å². The Hall–Kier alpha value is -3.63. The molecule has 0 aliphatic carbocycles. The molecular formula is C56H98N2O9. The van der Waals surface area contributed by atoms with Crippen LogP contribution in [0, 0.1) is 0 Å². The SMILES string of the molecule is CCCCCCCCCCCCCCCCCC(=O)OCC(CNC(=O)C(CCC(=O)OCc1ccccc1)NC(=O)OC(C)(C)C)OC(=O)CCCCCCCCCCCCCCCCC. The van der Waals surface area contributed by atoms with E-state index in [-0.39, 0.29) is 51.4 Å². The highest BCUT2D eigenvalue weighted by atomic mass is 16.6. The molecule has 0 aromatic heterocycles. The van der Waals surface area contributed by atoms with Crippen LogP contribution in [-0.4, -0.2) is 60.8 Å². The molecule has 11 heteroatoms. The van der Waals surface area contributed by atoms with E-state index in [1.807, 2.05) is 30.3 Å². The maximum Gasteiger partial charge on any atom is 0.408 e. The highest BCUT2D eigenvalue weighted by Gasteiger charge is 2.27. The van der Waals surface area contributed by atoms with Crippen molar-refractivity contribution >= 4 is 29.9 Å². The van der Waals surface area contributed by atoms with Crippen molar-refractivity contribution in [3.63, 3.8) is 0 Å². The summed E-state index contributed by atoms with van der Waals surface area (Å²) in [6.07, 6.45) is 35.5. The Bertz CT molecular complexity index is 1380. The Labute approximate surface area is 408 Å². The molecule has 11 nitrogen and oxygen atoms in total. The molecule has 386 valence electrons. The first-order chi connectivity index (χ1) is 32.4. The zero-order valence-corrected chi connectivity index (χ0v) is 43.4. The standard InChI is InChI=1S/C56H98N2O9/c1-6-8-10-12-14-16-18-20-22-24-26-28-30-32-37-41-51(59)65-47-49(66-53(61)42-38-33-31-29-27-25-23-21-19-17-15-13-11-9-7-2)45-57-54(62)50(58-55(63)67-56(3,4)5)43-44-52(60)64-46-48-39-35-34-36-40-48/h34-36,39-40,49-50H,6-33,37-38,41-47H2,1-5H3,(H,57,62)(H,58,63). The summed E-state index contributed by atoms with van der Waals surface area (Å²) in [4.78, 5) is 64.9. The fourth-order valence-corrected chi connectivity index (χ4v) is 8.05. The molecule has 0 heterocycles. The third-order valence-electron chi connectivity index (χ3n) is 12.1. The molecule has 2 amide bonds. The normalized spacial score (nSPS) is 12.3. The van der Waals surface area contributed by atoms with Crippen LogP contribution < -0.4 is 10.6 Å². The molecule has 67 heavy (non-hydrogen) atoms. The quantitative estimate of drug-likeness (QED) is 0.0371. The highest BCUT2D eigenvalue weighted by molar-refractivity contribution is 5.86. The number of nitrogens with one attached hydrogen (secondary N) is 2. The number of unbranched alkanes of at least 4 members (excludes halogenated alkanes) is 28. The van der Waals surface area contributed by atoms with Crippen LogP contribution in [0.5, 0.6) is 0 Å². The number of benzene rings is 1. The molecule has 1 rings (SSSR count). The van der Waals surface area contributed by atoms with Gasteiger partial charge >= 0.3 is 24.0 Å². The van der Waals surface area contributed by atoms with E-state index in [9.17, 15) is 24.0 Å². The molecule has 2 N–H and O–H groups in total. The van der Waals surface area contributed by atoms with Crippen molar-refractivity contribution in [3.8, 4) is 0 Å². The smallest absolute Gasteiger partial charge is 0.408 e. The minimum Gasteiger partial charge on any atom is -0.462 e. The predicted molar refractivity (Wildman–Crippen MR) is 272 cm³/mol. The predicted octanol–water partition coefficient (Wildman–Crippen LogP) is 14.5. The molecular weight excluding hydrogens is 845 g/mol. The second-order valence-electron chi connectivity index (χ2n) is 19.8.